The van der Waals surface area contributed by atoms with Gasteiger partial charge in [-0.25, -0.2) is 0 Å². The summed E-state index contributed by atoms with van der Waals surface area (Å²) in [6, 6.07) is 5.54. The first-order chi connectivity index (χ1) is 7.09. The van der Waals surface area contributed by atoms with E-state index in [0.29, 0.717) is 6.04 Å². The number of nitro benzene ring substituents is 1. The van der Waals surface area contributed by atoms with Gasteiger partial charge in [0.1, 0.15) is 0 Å². The van der Waals surface area contributed by atoms with Crippen LogP contribution in [-0.2, 0) is 6.42 Å². The molecule has 0 spiro atoms. The molecule has 0 aliphatic carbocycles. The number of nitro groups is 1. The number of nitrogens with zero attached hydrogens (tertiary/aromatic N) is 2. The van der Waals surface area contributed by atoms with Crippen molar-refractivity contribution >= 4 is 5.69 Å². The van der Waals surface area contributed by atoms with Gasteiger partial charge in [-0.1, -0.05) is 6.07 Å². The molecular formula is C11H14N2O2. The first-order valence-corrected chi connectivity index (χ1v) is 5.07. The lowest BCUT2D eigenvalue weighted by molar-refractivity contribution is -0.384. The molecule has 1 aromatic carbocycles. The number of hydrogen-bond acceptors (Lipinski definition) is 3. The minimum Gasteiger partial charge on any atom is -0.299 e. The average molecular weight is 206 g/mol. The fourth-order valence-corrected chi connectivity index (χ4v) is 2.06. The van der Waals surface area contributed by atoms with Crippen molar-refractivity contribution in [3.8, 4) is 0 Å². The van der Waals surface area contributed by atoms with Crippen molar-refractivity contribution in [3.05, 3.63) is 39.4 Å². The lowest BCUT2D eigenvalue weighted by Gasteiger charge is -2.31. The fraction of sp³-hybridized carbons (Fsp3) is 0.455. The summed E-state index contributed by atoms with van der Waals surface area (Å²) in [7, 11) is 2.08. The van der Waals surface area contributed by atoms with Gasteiger partial charge in [-0.2, -0.15) is 0 Å². The molecule has 0 fully saturated rings. The summed E-state index contributed by atoms with van der Waals surface area (Å²) in [6.07, 6.45) is 0.901. The van der Waals surface area contributed by atoms with E-state index in [4.69, 9.17) is 0 Å². The number of fused-ring (bicyclic) bond motifs is 1. The van der Waals surface area contributed by atoms with Gasteiger partial charge in [0, 0.05) is 24.7 Å². The molecule has 0 saturated carbocycles. The second-order valence-corrected chi connectivity index (χ2v) is 4.05. The smallest absolute Gasteiger partial charge is 0.269 e. The van der Waals surface area contributed by atoms with Gasteiger partial charge in [-0.15, -0.1) is 0 Å². The predicted octanol–water partition coefficient (Wildman–Crippen LogP) is 2.14. The van der Waals surface area contributed by atoms with Gasteiger partial charge < -0.3 is 0 Å². The van der Waals surface area contributed by atoms with Crippen LogP contribution in [0.3, 0.4) is 0 Å². The van der Waals surface area contributed by atoms with Crippen LogP contribution in [0.1, 0.15) is 24.1 Å². The molecule has 1 unspecified atom stereocenters. The topological polar surface area (TPSA) is 46.4 Å². The molecule has 1 aromatic rings. The molecule has 2 rings (SSSR count). The molecule has 1 aliphatic heterocycles. The molecule has 15 heavy (non-hydrogen) atoms. The highest BCUT2D eigenvalue weighted by atomic mass is 16.6. The van der Waals surface area contributed by atoms with Gasteiger partial charge in [0.15, 0.2) is 0 Å². The van der Waals surface area contributed by atoms with Crippen LogP contribution in [0, 0.1) is 10.1 Å². The Balaban J connectivity index is 2.42. The lowest BCUT2D eigenvalue weighted by atomic mass is 9.93. The largest absolute Gasteiger partial charge is 0.299 e. The third kappa shape index (κ3) is 1.72. The summed E-state index contributed by atoms with van der Waals surface area (Å²) in [4.78, 5) is 12.6. The maximum Gasteiger partial charge on any atom is 0.269 e. The quantitative estimate of drug-likeness (QED) is 0.522. The van der Waals surface area contributed by atoms with Crippen LogP contribution in [0.25, 0.3) is 0 Å². The van der Waals surface area contributed by atoms with Crippen molar-refractivity contribution in [3.63, 3.8) is 0 Å². The van der Waals surface area contributed by atoms with Crippen molar-refractivity contribution < 1.29 is 4.92 Å². The van der Waals surface area contributed by atoms with E-state index in [0.717, 1.165) is 18.5 Å². The van der Waals surface area contributed by atoms with Gasteiger partial charge in [-0.3, -0.25) is 15.0 Å². The summed E-state index contributed by atoms with van der Waals surface area (Å²) >= 11 is 0. The molecule has 0 bridgehead atoms. The molecule has 1 aliphatic rings. The van der Waals surface area contributed by atoms with E-state index in [1.165, 1.54) is 5.56 Å². The van der Waals surface area contributed by atoms with E-state index in [-0.39, 0.29) is 10.6 Å². The Kier molecular flexibility index (Phi) is 2.44. The van der Waals surface area contributed by atoms with Crippen LogP contribution >= 0.6 is 0 Å². The van der Waals surface area contributed by atoms with Crippen LogP contribution in [0.5, 0.6) is 0 Å². The molecule has 1 atom stereocenters. The van der Waals surface area contributed by atoms with E-state index in [9.17, 15) is 10.1 Å². The molecule has 0 saturated heterocycles. The van der Waals surface area contributed by atoms with Gasteiger partial charge >= 0.3 is 0 Å². The Morgan fingerprint density at radius 2 is 2.27 bits per heavy atom. The summed E-state index contributed by atoms with van der Waals surface area (Å²) in [5.74, 6) is 0. The van der Waals surface area contributed by atoms with E-state index in [1.54, 1.807) is 12.1 Å². The first-order valence-electron chi connectivity index (χ1n) is 5.07. The Hall–Kier alpha value is -1.42. The highest BCUT2D eigenvalue weighted by molar-refractivity contribution is 5.42. The zero-order chi connectivity index (χ0) is 11.0. The molecule has 1 heterocycles. The third-order valence-corrected chi connectivity index (χ3v) is 3.18. The maximum atomic E-state index is 10.6. The van der Waals surface area contributed by atoms with Crippen LogP contribution in [0.4, 0.5) is 5.69 Å². The Morgan fingerprint density at radius 3 is 2.93 bits per heavy atom. The highest BCUT2D eigenvalue weighted by Crippen LogP contribution is 2.30. The fourth-order valence-electron chi connectivity index (χ4n) is 2.06. The molecule has 80 valence electrons. The van der Waals surface area contributed by atoms with Crippen molar-refractivity contribution in [2.24, 2.45) is 0 Å². The molecule has 0 amide bonds. The third-order valence-electron chi connectivity index (χ3n) is 3.18. The van der Waals surface area contributed by atoms with E-state index >= 15 is 0 Å². The normalized spacial score (nSPS) is 21.1. The second kappa shape index (κ2) is 3.62. The molecule has 0 N–H and O–H groups in total. The lowest BCUT2D eigenvalue weighted by Crippen LogP contribution is -2.30. The van der Waals surface area contributed by atoms with Crippen LogP contribution in [0.15, 0.2) is 18.2 Å². The van der Waals surface area contributed by atoms with Crippen molar-refractivity contribution in [1.82, 2.24) is 4.90 Å². The predicted molar refractivity (Wildman–Crippen MR) is 57.8 cm³/mol. The second-order valence-electron chi connectivity index (χ2n) is 4.05. The summed E-state index contributed by atoms with van der Waals surface area (Å²) < 4.78 is 0. The zero-order valence-electron chi connectivity index (χ0n) is 8.93. The Bertz CT molecular complexity index is 404. The number of non-ortho nitro benzene ring substituents is 1. The molecular weight excluding hydrogens is 192 g/mol. The molecule has 0 aromatic heterocycles. The molecule has 4 heteroatoms. The van der Waals surface area contributed by atoms with E-state index in [2.05, 4.69) is 18.9 Å². The number of hydrogen-bond donors (Lipinski definition) is 0. The van der Waals surface area contributed by atoms with Crippen molar-refractivity contribution in [2.45, 2.75) is 19.4 Å². The van der Waals surface area contributed by atoms with Crippen molar-refractivity contribution in [2.75, 3.05) is 13.6 Å². The zero-order valence-corrected chi connectivity index (χ0v) is 8.93. The monoisotopic (exact) mass is 206 g/mol. The minimum atomic E-state index is -0.330. The first kappa shape index (κ1) is 10.1. The van der Waals surface area contributed by atoms with Gasteiger partial charge in [-0.05, 0) is 31.5 Å². The van der Waals surface area contributed by atoms with Gasteiger partial charge in [0.2, 0.25) is 0 Å². The van der Waals surface area contributed by atoms with Crippen molar-refractivity contribution in [1.29, 1.82) is 0 Å². The van der Waals surface area contributed by atoms with Gasteiger partial charge in [0.25, 0.3) is 5.69 Å². The summed E-state index contributed by atoms with van der Waals surface area (Å²) in [5.41, 5.74) is 2.54. The van der Waals surface area contributed by atoms with Crippen LogP contribution in [0.2, 0.25) is 0 Å². The highest BCUT2D eigenvalue weighted by Gasteiger charge is 2.22. The number of benzene rings is 1. The van der Waals surface area contributed by atoms with E-state index in [1.807, 2.05) is 6.07 Å². The molecule has 4 nitrogen and oxygen atoms in total. The maximum absolute atomic E-state index is 10.6. The average Bonchev–Trinajstić information content (AvgIpc) is 2.23. The number of rotatable bonds is 1. The SMILES string of the molecule is CC1c2ccc([N+](=O)[O-])cc2CCN1C. The standard InChI is InChI=1S/C11H14N2O2/c1-8-11-4-3-10(13(14)15)7-9(11)5-6-12(8)2/h3-4,7-8H,5-6H2,1-2H3. The van der Waals surface area contributed by atoms with E-state index < -0.39 is 0 Å². The Labute approximate surface area is 88.7 Å². The summed E-state index contributed by atoms with van der Waals surface area (Å²) in [6.45, 7) is 3.10. The summed E-state index contributed by atoms with van der Waals surface area (Å²) in [5, 5.41) is 10.6. The van der Waals surface area contributed by atoms with Gasteiger partial charge in [0.05, 0.1) is 4.92 Å². The number of likely N-dealkylation sites (N-methyl/N-ethyl adjacent to an activating group) is 1. The van der Waals surface area contributed by atoms with Crippen LogP contribution in [-0.4, -0.2) is 23.4 Å². The van der Waals surface area contributed by atoms with Crippen LogP contribution < -0.4 is 0 Å². The molecule has 0 radical (unpaired) electrons. The minimum absolute atomic E-state index is 0.200. The Morgan fingerprint density at radius 1 is 1.53 bits per heavy atom.